The summed E-state index contributed by atoms with van der Waals surface area (Å²) in [6, 6.07) is 0. The number of carbonyl (C=O) groups is 1. The van der Waals surface area contributed by atoms with Crippen LogP contribution in [0.15, 0.2) is 11.1 Å². The summed E-state index contributed by atoms with van der Waals surface area (Å²) in [4.78, 5) is 11.5. The lowest BCUT2D eigenvalue weighted by atomic mass is 10.0. The Morgan fingerprint density at radius 1 is 1.64 bits per heavy atom. The maximum Gasteiger partial charge on any atom is 0.246 e. The third kappa shape index (κ3) is 3.12. The second kappa shape index (κ2) is 5.12. The number of aliphatic hydroxyl groups excluding tert-OH is 1. The summed E-state index contributed by atoms with van der Waals surface area (Å²) in [7, 11) is 0. The monoisotopic (exact) mass is 198 g/mol. The van der Waals surface area contributed by atoms with E-state index in [4.69, 9.17) is 5.11 Å². The molecule has 0 aliphatic carbocycles. The van der Waals surface area contributed by atoms with Crippen LogP contribution in [0.3, 0.4) is 0 Å². The Hall–Kier alpha value is -0.870. The molecule has 0 radical (unpaired) electrons. The van der Waals surface area contributed by atoms with E-state index >= 15 is 0 Å². The van der Waals surface area contributed by atoms with E-state index in [1.807, 2.05) is 6.92 Å². The third-order valence-electron chi connectivity index (χ3n) is 2.40. The van der Waals surface area contributed by atoms with E-state index in [0.717, 1.165) is 18.7 Å². The molecular formula is C10H18N2O2. The Balaban J connectivity index is 2.28. The fraction of sp³-hybridized carbons (Fsp3) is 0.700. The van der Waals surface area contributed by atoms with Gasteiger partial charge in [-0.05, 0) is 25.8 Å². The van der Waals surface area contributed by atoms with Gasteiger partial charge in [-0.2, -0.15) is 0 Å². The molecule has 0 saturated carbocycles. The van der Waals surface area contributed by atoms with Crippen LogP contribution in [-0.2, 0) is 4.79 Å². The molecule has 1 aliphatic heterocycles. The van der Waals surface area contributed by atoms with Crippen molar-refractivity contribution in [1.29, 1.82) is 0 Å². The zero-order valence-electron chi connectivity index (χ0n) is 8.76. The van der Waals surface area contributed by atoms with Crippen molar-refractivity contribution in [3.63, 3.8) is 0 Å². The molecule has 4 nitrogen and oxygen atoms in total. The Kier molecular flexibility index (Phi) is 4.10. The van der Waals surface area contributed by atoms with Crippen molar-refractivity contribution in [1.82, 2.24) is 10.6 Å². The average Bonchev–Trinajstić information content (AvgIpc) is 2.00. The van der Waals surface area contributed by atoms with Gasteiger partial charge in [0.1, 0.15) is 0 Å². The number of amides is 1. The van der Waals surface area contributed by atoms with E-state index in [9.17, 15) is 4.79 Å². The van der Waals surface area contributed by atoms with Gasteiger partial charge in [0.2, 0.25) is 5.91 Å². The van der Waals surface area contributed by atoms with Gasteiger partial charge in [0.15, 0.2) is 0 Å². The Morgan fingerprint density at radius 3 is 2.71 bits per heavy atom. The van der Waals surface area contributed by atoms with Gasteiger partial charge in [0, 0.05) is 25.2 Å². The van der Waals surface area contributed by atoms with E-state index in [1.165, 1.54) is 5.57 Å². The van der Waals surface area contributed by atoms with Crippen LogP contribution in [-0.4, -0.2) is 36.8 Å². The average molecular weight is 198 g/mol. The van der Waals surface area contributed by atoms with Crippen LogP contribution in [0, 0.1) is 0 Å². The van der Waals surface area contributed by atoms with Crippen molar-refractivity contribution >= 4 is 5.91 Å². The van der Waals surface area contributed by atoms with E-state index in [1.54, 1.807) is 6.92 Å². The van der Waals surface area contributed by atoms with Crippen LogP contribution in [0.2, 0.25) is 0 Å². The molecule has 0 bridgehead atoms. The zero-order chi connectivity index (χ0) is 10.6. The summed E-state index contributed by atoms with van der Waals surface area (Å²) in [5.41, 5.74) is 1.99. The van der Waals surface area contributed by atoms with E-state index < -0.39 is 0 Å². The molecule has 1 aliphatic rings. The van der Waals surface area contributed by atoms with Crippen LogP contribution in [0.4, 0.5) is 0 Å². The fourth-order valence-corrected chi connectivity index (χ4v) is 1.20. The lowest BCUT2D eigenvalue weighted by Gasteiger charge is -2.21. The van der Waals surface area contributed by atoms with E-state index in [2.05, 4.69) is 10.6 Å². The zero-order valence-corrected chi connectivity index (χ0v) is 8.76. The number of carbonyl (C=O) groups excluding carboxylic acids is 1. The number of rotatable bonds is 4. The number of hydrogen-bond donors (Lipinski definition) is 3. The van der Waals surface area contributed by atoms with E-state index in [-0.39, 0.29) is 12.0 Å². The maximum absolute atomic E-state index is 11.5. The highest BCUT2D eigenvalue weighted by molar-refractivity contribution is 5.93. The molecule has 1 unspecified atom stereocenters. The molecule has 4 heteroatoms. The highest BCUT2D eigenvalue weighted by Gasteiger charge is 2.15. The Bertz CT molecular complexity index is 241. The first-order valence-corrected chi connectivity index (χ1v) is 4.97. The molecule has 1 atom stereocenters. The molecule has 80 valence electrons. The van der Waals surface area contributed by atoms with Gasteiger partial charge < -0.3 is 15.7 Å². The van der Waals surface area contributed by atoms with Gasteiger partial charge in [0.05, 0.1) is 6.10 Å². The molecule has 0 spiro atoms. The molecular weight excluding hydrogens is 180 g/mol. The first-order valence-electron chi connectivity index (χ1n) is 4.97. The van der Waals surface area contributed by atoms with Crippen molar-refractivity contribution in [2.24, 2.45) is 0 Å². The molecule has 1 rings (SSSR count). The molecule has 1 heterocycles. The standard InChI is InChI=1S/C10H18N2O2/c1-7(13)3-4-12-10(14)8(2)9-5-11-6-9/h7,11,13H,3-6H2,1-2H3,(H,12,14). The smallest absolute Gasteiger partial charge is 0.246 e. The normalized spacial score (nSPS) is 17.2. The summed E-state index contributed by atoms with van der Waals surface area (Å²) >= 11 is 0. The lowest BCUT2D eigenvalue weighted by Crippen LogP contribution is -2.38. The number of nitrogens with one attached hydrogen (secondary N) is 2. The minimum Gasteiger partial charge on any atom is -0.393 e. The van der Waals surface area contributed by atoms with Gasteiger partial charge in [-0.1, -0.05) is 0 Å². The van der Waals surface area contributed by atoms with Gasteiger partial charge in [-0.25, -0.2) is 0 Å². The largest absolute Gasteiger partial charge is 0.393 e. The van der Waals surface area contributed by atoms with Crippen molar-refractivity contribution in [2.75, 3.05) is 19.6 Å². The van der Waals surface area contributed by atoms with E-state index in [0.29, 0.717) is 13.0 Å². The van der Waals surface area contributed by atoms with Crippen molar-refractivity contribution in [3.05, 3.63) is 11.1 Å². The quantitative estimate of drug-likeness (QED) is 0.548. The number of aliphatic hydroxyl groups is 1. The first kappa shape index (κ1) is 11.2. The Labute approximate surface area is 84.4 Å². The second-order valence-corrected chi connectivity index (χ2v) is 3.73. The summed E-state index contributed by atoms with van der Waals surface area (Å²) < 4.78 is 0. The summed E-state index contributed by atoms with van der Waals surface area (Å²) in [6.45, 7) is 5.75. The molecule has 0 aromatic heterocycles. The summed E-state index contributed by atoms with van der Waals surface area (Å²) in [6.07, 6.45) is 0.251. The highest BCUT2D eigenvalue weighted by Crippen LogP contribution is 2.08. The SMILES string of the molecule is CC(C(=O)NCCC(C)O)=C1CNC1. The predicted octanol–water partition coefficient (Wildman–Crippen LogP) is -0.207. The van der Waals surface area contributed by atoms with Gasteiger partial charge in [0.25, 0.3) is 0 Å². The molecule has 3 N–H and O–H groups in total. The van der Waals surface area contributed by atoms with Gasteiger partial charge >= 0.3 is 0 Å². The molecule has 1 amide bonds. The van der Waals surface area contributed by atoms with Crippen LogP contribution in [0.1, 0.15) is 20.3 Å². The second-order valence-electron chi connectivity index (χ2n) is 3.73. The lowest BCUT2D eigenvalue weighted by molar-refractivity contribution is -0.117. The topological polar surface area (TPSA) is 61.4 Å². The van der Waals surface area contributed by atoms with Crippen LogP contribution in [0.5, 0.6) is 0 Å². The molecule has 1 saturated heterocycles. The van der Waals surface area contributed by atoms with Gasteiger partial charge in [-0.15, -0.1) is 0 Å². The minimum absolute atomic E-state index is 0.0119. The fourth-order valence-electron chi connectivity index (χ4n) is 1.20. The molecule has 0 aromatic carbocycles. The van der Waals surface area contributed by atoms with Crippen molar-refractivity contribution in [2.45, 2.75) is 26.4 Å². The van der Waals surface area contributed by atoms with Gasteiger partial charge in [-0.3, -0.25) is 4.79 Å². The predicted molar refractivity (Wildman–Crippen MR) is 54.9 cm³/mol. The third-order valence-corrected chi connectivity index (χ3v) is 2.40. The van der Waals surface area contributed by atoms with Crippen molar-refractivity contribution < 1.29 is 9.90 Å². The molecule has 14 heavy (non-hydrogen) atoms. The molecule has 0 aromatic rings. The van der Waals surface area contributed by atoms with Crippen LogP contribution >= 0.6 is 0 Å². The number of hydrogen-bond acceptors (Lipinski definition) is 3. The minimum atomic E-state index is -0.353. The maximum atomic E-state index is 11.5. The van der Waals surface area contributed by atoms with Crippen LogP contribution in [0.25, 0.3) is 0 Å². The summed E-state index contributed by atoms with van der Waals surface area (Å²) in [5, 5.41) is 14.9. The van der Waals surface area contributed by atoms with Crippen molar-refractivity contribution in [3.8, 4) is 0 Å². The summed E-state index contributed by atoms with van der Waals surface area (Å²) in [5.74, 6) is -0.0119. The molecule has 1 fully saturated rings. The first-order chi connectivity index (χ1) is 6.61. The highest BCUT2D eigenvalue weighted by atomic mass is 16.3. The Morgan fingerprint density at radius 2 is 2.29 bits per heavy atom. The van der Waals surface area contributed by atoms with Crippen LogP contribution < -0.4 is 10.6 Å².